The third-order valence-electron chi connectivity index (χ3n) is 2.88. The topological polar surface area (TPSA) is 29.1 Å². The van der Waals surface area contributed by atoms with E-state index in [9.17, 15) is 18.0 Å². The Morgan fingerprint density at radius 2 is 1.67 bits per heavy atom. The molecule has 0 aromatic heterocycles. The Balaban J connectivity index is 2.14. The first kappa shape index (κ1) is 15.6. The molecular weight excluding hydrogens is 347 g/mol. The summed E-state index contributed by atoms with van der Waals surface area (Å²) in [7, 11) is 0. The molecular formula is C15H11BrF3NO. The van der Waals surface area contributed by atoms with Crippen LogP contribution in [-0.2, 0) is 12.7 Å². The second-order valence-corrected chi connectivity index (χ2v) is 5.17. The first-order valence-corrected chi connectivity index (χ1v) is 6.86. The van der Waals surface area contributed by atoms with Crippen molar-refractivity contribution in [2.75, 3.05) is 0 Å². The molecule has 0 saturated carbocycles. The quantitative estimate of drug-likeness (QED) is 0.866. The van der Waals surface area contributed by atoms with Crippen LogP contribution in [0.2, 0.25) is 0 Å². The predicted molar refractivity (Wildman–Crippen MR) is 76.8 cm³/mol. The highest BCUT2D eigenvalue weighted by Gasteiger charge is 2.32. The summed E-state index contributed by atoms with van der Waals surface area (Å²) in [5.41, 5.74) is -0.329. The lowest BCUT2D eigenvalue weighted by atomic mass is 10.1. The number of benzene rings is 2. The number of rotatable bonds is 3. The number of carbonyl (C=O) groups is 1. The van der Waals surface area contributed by atoms with Crippen LogP contribution < -0.4 is 5.32 Å². The van der Waals surface area contributed by atoms with Crippen LogP contribution in [-0.4, -0.2) is 5.91 Å². The van der Waals surface area contributed by atoms with Crippen LogP contribution in [0.5, 0.6) is 0 Å². The van der Waals surface area contributed by atoms with Gasteiger partial charge in [0.2, 0.25) is 0 Å². The van der Waals surface area contributed by atoms with Gasteiger partial charge in [0.15, 0.2) is 0 Å². The van der Waals surface area contributed by atoms with Gasteiger partial charge < -0.3 is 5.32 Å². The van der Waals surface area contributed by atoms with E-state index in [1.54, 1.807) is 24.3 Å². The average Bonchev–Trinajstić information content (AvgIpc) is 2.44. The van der Waals surface area contributed by atoms with Gasteiger partial charge in [-0.05, 0) is 39.7 Å². The van der Waals surface area contributed by atoms with Crippen LogP contribution in [0.25, 0.3) is 0 Å². The zero-order valence-electron chi connectivity index (χ0n) is 10.7. The Hall–Kier alpha value is -1.82. The molecule has 2 aromatic carbocycles. The molecule has 1 N–H and O–H groups in total. The molecule has 0 fully saturated rings. The summed E-state index contributed by atoms with van der Waals surface area (Å²) in [6.45, 7) is -0.185. The van der Waals surface area contributed by atoms with E-state index in [2.05, 4.69) is 21.2 Å². The van der Waals surface area contributed by atoms with Crippen molar-refractivity contribution in [1.29, 1.82) is 0 Å². The van der Waals surface area contributed by atoms with Crippen LogP contribution in [0.3, 0.4) is 0 Å². The minimum atomic E-state index is -4.44. The van der Waals surface area contributed by atoms with Gasteiger partial charge in [-0.25, -0.2) is 0 Å². The van der Waals surface area contributed by atoms with Gasteiger partial charge in [0.05, 0.1) is 11.1 Å². The van der Waals surface area contributed by atoms with Gasteiger partial charge in [-0.15, -0.1) is 0 Å². The van der Waals surface area contributed by atoms with Crippen LogP contribution in [0.1, 0.15) is 21.5 Å². The molecule has 1 amide bonds. The molecule has 0 bridgehead atoms. The van der Waals surface area contributed by atoms with Gasteiger partial charge in [0, 0.05) is 11.0 Å². The monoisotopic (exact) mass is 357 g/mol. The van der Waals surface area contributed by atoms with Crippen LogP contribution in [0.4, 0.5) is 13.2 Å². The van der Waals surface area contributed by atoms with Crippen molar-refractivity contribution < 1.29 is 18.0 Å². The fourth-order valence-corrected chi connectivity index (χ4v) is 2.33. The average molecular weight is 358 g/mol. The lowest BCUT2D eigenvalue weighted by Crippen LogP contribution is -2.24. The van der Waals surface area contributed by atoms with E-state index in [0.29, 0.717) is 10.0 Å². The van der Waals surface area contributed by atoms with Gasteiger partial charge >= 0.3 is 6.18 Å². The molecule has 2 aromatic rings. The normalized spacial score (nSPS) is 11.2. The smallest absolute Gasteiger partial charge is 0.348 e. The second kappa shape index (κ2) is 6.30. The van der Waals surface area contributed by atoms with Gasteiger partial charge in [0.25, 0.3) is 5.91 Å². The van der Waals surface area contributed by atoms with Crippen molar-refractivity contribution in [3.8, 4) is 0 Å². The summed E-state index contributed by atoms with van der Waals surface area (Å²) in [5.74, 6) is -0.431. The third-order valence-corrected chi connectivity index (χ3v) is 3.57. The maximum Gasteiger partial charge on any atom is 0.416 e. The Morgan fingerprint density at radius 1 is 1.05 bits per heavy atom. The van der Waals surface area contributed by atoms with Gasteiger partial charge in [-0.1, -0.05) is 30.3 Å². The fourth-order valence-electron chi connectivity index (χ4n) is 1.87. The van der Waals surface area contributed by atoms with E-state index in [4.69, 9.17) is 0 Å². The molecule has 0 unspecified atom stereocenters. The summed E-state index contributed by atoms with van der Waals surface area (Å²) >= 11 is 3.23. The third kappa shape index (κ3) is 3.85. The van der Waals surface area contributed by atoms with E-state index in [0.717, 1.165) is 6.07 Å². The number of nitrogens with one attached hydrogen (secondary N) is 1. The van der Waals surface area contributed by atoms with Gasteiger partial charge in [-0.3, -0.25) is 4.79 Å². The summed E-state index contributed by atoms with van der Waals surface area (Å²) in [4.78, 5) is 12.0. The van der Waals surface area contributed by atoms with Gasteiger partial charge in [0.1, 0.15) is 0 Å². The molecule has 0 aliphatic rings. The molecule has 2 nitrogen and oxygen atoms in total. The van der Waals surface area contributed by atoms with E-state index in [-0.39, 0.29) is 12.1 Å². The van der Waals surface area contributed by atoms with Gasteiger partial charge in [-0.2, -0.15) is 13.2 Å². The van der Waals surface area contributed by atoms with Crippen LogP contribution in [0.15, 0.2) is 53.0 Å². The van der Waals surface area contributed by atoms with Crippen molar-refractivity contribution in [2.45, 2.75) is 12.7 Å². The number of carbonyl (C=O) groups excluding carboxylic acids is 1. The number of alkyl halides is 3. The predicted octanol–water partition coefficient (Wildman–Crippen LogP) is 4.40. The molecule has 0 aliphatic carbocycles. The number of hydrogen-bond donors (Lipinski definition) is 1. The SMILES string of the molecule is O=C(NCc1ccccc1C(F)(F)F)c1ccccc1Br. The Bertz CT molecular complexity index is 655. The van der Waals surface area contributed by atoms with Crippen LogP contribution in [0, 0.1) is 0 Å². The van der Waals surface area contributed by atoms with E-state index >= 15 is 0 Å². The minimum absolute atomic E-state index is 0.0328. The van der Waals surface area contributed by atoms with Crippen molar-refractivity contribution >= 4 is 21.8 Å². The molecule has 0 radical (unpaired) electrons. The molecule has 110 valence electrons. The first-order chi connectivity index (χ1) is 9.89. The highest BCUT2D eigenvalue weighted by atomic mass is 79.9. The summed E-state index contributed by atoms with van der Waals surface area (Å²) in [6, 6.07) is 11.9. The molecule has 0 spiro atoms. The lowest BCUT2D eigenvalue weighted by molar-refractivity contribution is -0.138. The van der Waals surface area contributed by atoms with Crippen molar-refractivity contribution in [3.05, 3.63) is 69.7 Å². The zero-order valence-corrected chi connectivity index (χ0v) is 12.3. The largest absolute Gasteiger partial charge is 0.416 e. The number of halogens is 4. The lowest BCUT2D eigenvalue weighted by Gasteiger charge is -2.13. The summed E-state index contributed by atoms with van der Waals surface area (Å²) < 4.78 is 39.1. The molecule has 2 rings (SSSR count). The van der Waals surface area contributed by atoms with E-state index < -0.39 is 17.6 Å². The molecule has 21 heavy (non-hydrogen) atoms. The molecule has 6 heteroatoms. The highest BCUT2D eigenvalue weighted by Crippen LogP contribution is 2.31. The first-order valence-electron chi connectivity index (χ1n) is 6.07. The minimum Gasteiger partial charge on any atom is -0.348 e. The Kier molecular flexibility index (Phi) is 4.67. The Morgan fingerprint density at radius 3 is 2.33 bits per heavy atom. The maximum atomic E-state index is 12.8. The number of amides is 1. The van der Waals surface area contributed by atoms with Crippen molar-refractivity contribution in [2.24, 2.45) is 0 Å². The van der Waals surface area contributed by atoms with E-state index in [1.807, 2.05) is 0 Å². The summed E-state index contributed by atoms with van der Waals surface area (Å²) in [6.07, 6.45) is -4.44. The van der Waals surface area contributed by atoms with Crippen molar-refractivity contribution in [3.63, 3.8) is 0 Å². The molecule has 0 heterocycles. The second-order valence-electron chi connectivity index (χ2n) is 4.32. The van der Waals surface area contributed by atoms with E-state index in [1.165, 1.54) is 18.2 Å². The fraction of sp³-hybridized carbons (Fsp3) is 0.133. The molecule has 0 aliphatic heterocycles. The highest BCUT2D eigenvalue weighted by molar-refractivity contribution is 9.10. The Labute approximate surface area is 128 Å². The maximum absolute atomic E-state index is 12.8. The molecule has 0 saturated heterocycles. The summed E-state index contributed by atoms with van der Waals surface area (Å²) in [5, 5.41) is 2.50. The van der Waals surface area contributed by atoms with Crippen molar-refractivity contribution in [1.82, 2.24) is 5.32 Å². The number of hydrogen-bond acceptors (Lipinski definition) is 1. The zero-order chi connectivity index (χ0) is 15.5. The molecule has 0 atom stereocenters. The van der Waals surface area contributed by atoms with Crippen LogP contribution >= 0.6 is 15.9 Å². The standard InChI is InChI=1S/C15H11BrF3NO/c16-13-8-4-2-6-11(13)14(21)20-9-10-5-1-3-7-12(10)15(17,18)19/h1-8H,9H2,(H,20,21).